The maximum absolute atomic E-state index is 6.30. The molecule has 0 spiro atoms. The van der Waals surface area contributed by atoms with Gasteiger partial charge in [-0.1, -0.05) is 76.8 Å². The number of allylic oxidation sites excluding steroid dienone is 4. The van der Waals surface area contributed by atoms with Crippen LogP contribution in [0.15, 0.2) is 164 Å². The Morgan fingerprint density at radius 3 is 1.63 bits per heavy atom. The summed E-state index contributed by atoms with van der Waals surface area (Å²) in [6.07, 6.45) is 19.5. The Morgan fingerprint density at radius 2 is 1.12 bits per heavy atom. The molecule has 0 nitrogen and oxygen atoms in total. The van der Waals surface area contributed by atoms with Gasteiger partial charge in [-0.25, -0.2) is 12.2 Å². The van der Waals surface area contributed by atoms with Gasteiger partial charge in [-0.2, -0.15) is 6.08 Å². The zero-order valence-corrected chi connectivity index (χ0v) is 39.3. The van der Waals surface area contributed by atoms with Crippen LogP contribution in [0.1, 0.15) is 61.1 Å². The Hall–Kier alpha value is -3.42. The van der Waals surface area contributed by atoms with Crippen LogP contribution in [-0.4, -0.2) is 3.21 Å². The summed E-state index contributed by atoms with van der Waals surface area (Å²) in [6, 6.07) is 52.4. The van der Waals surface area contributed by atoms with Crippen molar-refractivity contribution in [2.45, 2.75) is 57.3 Å². The van der Waals surface area contributed by atoms with Crippen molar-refractivity contribution in [3.05, 3.63) is 197 Å². The summed E-state index contributed by atoms with van der Waals surface area (Å²) in [6.45, 7) is 0. The van der Waals surface area contributed by atoms with Crippen molar-refractivity contribution in [3.8, 4) is 22.3 Å². The van der Waals surface area contributed by atoms with Crippen LogP contribution in [-0.2, 0) is 37.1 Å². The Balaban J connectivity index is 0.000000197. The van der Waals surface area contributed by atoms with Crippen LogP contribution in [0.25, 0.3) is 43.8 Å². The molecule has 302 valence electrons. The molecule has 0 unspecified atom stereocenters. The maximum atomic E-state index is 6.30. The molecule has 4 bridgehead atoms. The van der Waals surface area contributed by atoms with Gasteiger partial charge < -0.3 is 0 Å². The van der Waals surface area contributed by atoms with Gasteiger partial charge in [0.05, 0.1) is 0 Å². The van der Waals surface area contributed by atoms with Gasteiger partial charge in [0.25, 0.3) is 0 Å². The van der Waals surface area contributed by atoms with Crippen LogP contribution in [0.5, 0.6) is 0 Å². The van der Waals surface area contributed by atoms with E-state index in [4.69, 9.17) is 23.2 Å². The molecule has 0 amide bonds. The standard InChI is InChI=1S/C35H29Cl2.C15H14.C5H5.2ClH.Zr/c36-29-6-1-22(2-7-29)24-5-10-31-25(16-24)17-26-18-32(23-3-8-30(37)9-4-23)34(19-33(26)31)35-27-12-20-11-21(14-27)15-28(35)13-20;1-3-8-14(9-4-1)12-7-13-15-10-5-2-6-11-15;1-2-4-5-3-1;;;/h1-10,16-21,27-28,35H,11-15H2;1-6,8-11H,12-13H2;1-3H,4H2;2*1H;/q-1;;-1;;;+2. The van der Waals surface area contributed by atoms with Gasteiger partial charge >= 0.3 is 112 Å². The number of rotatable bonds is 7. The summed E-state index contributed by atoms with van der Waals surface area (Å²) in [4.78, 5) is 0. The van der Waals surface area contributed by atoms with E-state index < -0.39 is 0 Å². The third-order valence-corrected chi connectivity index (χ3v) is 14.3. The van der Waals surface area contributed by atoms with Gasteiger partial charge in [0, 0.05) is 10.0 Å². The topological polar surface area (TPSA) is 0 Å². The zero-order chi connectivity index (χ0) is 39.4. The van der Waals surface area contributed by atoms with Crippen molar-refractivity contribution in [2.75, 3.05) is 0 Å². The summed E-state index contributed by atoms with van der Waals surface area (Å²) in [5.41, 5.74) is 9.57. The number of halogens is 4. The molecule has 0 aliphatic heterocycles. The van der Waals surface area contributed by atoms with Gasteiger partial charge in [0.15, 0.2) is 0 Å². The Bertz CT molecular complexity index is 2490. The summed E-state index contributed by atoms with van der Waals surface area (Å²) in [7, 11) is 0. The number of fused-ring (bicyclic) bond motifs is 3. The minimum absolute atomic E-state index is 0. The number of hydrogen-bond donors (Lipinski definition) is 0. The molecule has 0 heterocycles. The molecule has 0 radical (unpaired) electrons. The fourth-order valence-electron chi connectivity index (χ4n) is 10.6. The first kappa shape index (κ1) is 44.6. The fourth-order valence-corrected chi connectivity index (χ4v) is 11.8. The van der Waals surface area contributed by atoms with Crippen molar-refractivity contribution in [3.63, 3.8) is 0 Å². The Kier molecular flexibility index (Phi) is 15.4. The Labute approximate surface area is 393 Å². The molecule has 7 aromatic carbocycles. The molecule has 0 atom stereocenters. The van der Waals surface area contributed by atoms with Crippen LogP contribution in [0.2, 0.25) is 10.0 Å². The van der Waals surface area contributed by atoms with Crippen molar-refractivity contribution in [1.29, 1.82) is 0 Å². The normalized spacial score (nSPS) is 20.4. The van der Waals surface area contributed by atoms with Crippen LogP contribution >= 0.6 is 48.0 Å². The first-order valence-electron chi connectivity index (χ1n) is 21.0. The summed E-state index contributed by atoms with van der Waals surface area (Å²) in [5.74, 6) is 4.33. The summed E-state index contributed by atoms with van der Waals surface area (Å²) in [5, 5.41) is 6.98. The van der Waals surface area contributed by atoms with E-state index in [-0.39, 0.29) is 24.8 Å². The summed E-state index contributed by atoms with van der Waals surface area (Å²) >= 11 is 14.0. The van der Waals surface area contributed by atoms with Gasteiger partial charge in [0.1, 0.15) is 0 Å². The van der Waals surface area contributed by atoms with Gasteiger partial charge in [0.2, 0.25) is 0 Å². The molecular formula is C55H50Cl4Zr. The molecule has 5 heteroatoms. The third kappa shape index (κ3) is 10.4. The molecule has 4 fully saturated rings. The van der Waals surface area contributed by atoms with Gasteiger partial charge in [-0.05, 0) is 103 Å². The zero-order valence-electron chi connectivity index (χ0n) is 33.7. The van der Waals surface area contributed by atoms with Crippen LogP contribution in [0.3, 0.4) is 0 Å². The molecule has 5 aliphatic rings. The minimum atomic E-state index is 0. The second-order valence-corrected chi connectivity index (χ2v) is 19.5. The molecule has 5 aliphatic carbocycles. The first-order chi connectivity index (χ1) is 28.4. The molecule has 0 aromatic heterocycles. The number of hydrogen-bond acceptors (Lipinski definition) is 0. The molecule has 0 N–H and O–H groups in total. The van der Waals surface area contributed by atoms with E-state index in [9.17, 15) is 0 Å². The van der Waals surface area contributed by atoms with Gasteiger partial charge in [-0.15, -0.1) is 71.0 Å². The molecule has 12 rings (SSSR count). The average molecular weight is 944 g/mol. The van der Waals surface area contributed by atoms with Crippen molar-refractivity contribution < 1.29 is 24.2 Å². The van der Waals surface area contributed by atoms with Crippen LogP contribution in [0.4, 0.5) is 0 Å². The molecule has 0 saturated heterocycles. The first-order valence-corrected chi connectivity index (χ1v) is 23.0. The molecule has 4 saturated carbocycles. The SMILES string of the molecule is Cl.Cl.Clc1ccc(-c2ccc3c(c2)[cH-]c2cc(-c4ccc(Cl)cc4)c(C4C5CC6CC(C5)CC4C6)cc23)cc1.[C-]1=CC=CC1.[Zr+2]=[C](Cc1ccccc1)Cc1ccccc1. The van der Waals surface area contributed by atoms with E-state index in [0.717, 1.165) is 53.0 Å². The van der Waals surface area contributed by atoms with E-state index in [1.54, 1.807) is 33.0 Å². The second kappa shape index (κ2) is 20.6. The van der Waals surface area contributed by atoms with E-state index in [1.165, 1.54) is 87.0 Å². The van der Waals surface area contributed by atoms with Crippen LogP contribution < -0.4 is 0 Å². The molecule has 7 aromatic rings. The Morgan fingerprint density at radius 1 is 0.583 bits per heavy atom. The quantitative estimate of drug-likeness (QED) is 0.140. The van der Waals surface area contributed by atoms with Crippen molar-refractivity contribution >= 4 is 72.8 Å². The fraction of sp³-hybridized carbons (Fsp3) is 0.236. The van der Waals surface area contributed by atoms with Gasteiger partial charge in [-0.3, -0.25) is 6.08 Å². The molecular weight excluding hydrogens is 894 g/mol. The second-order valence-electron chi connectivity index (χ2n) is 16.9. The predicted octanol–water partition coefficient (Wildman–Crippen LogP) is 16.2. The van der Waals surface area contributed by atoms with E-state index in [0.29, 0.717) is 5.92 Å². The van der Waals surface area contributed by atoms with Crippen molar-refractivity contribution in [2.24, 2.45) is 23.7 Å². The van der Waals surface area contributed by atoms with Crippen LogP contribution in [0, 0.1) is 29.7 Å². The summed E-state index contributed by atoms with van der Waals surface area (Å²) < 4.78 is 1.60. The average Bonchev–Trinajstić information content (AvgIpc) is 3.94. The van der Waals surface area contributed by atoms with E-state index in [1.807, 2.05) is 36.4 Å². The molecule has 60 heavy (non-hydrogen) atoms. The van der Waals surface area contributed by atoms with E-state index >= 15 is 0 Å². The van der Waals surface area contributed by atoms with E-state index in [2.05, 4.69) is 133 Å². The van der Waals surface area contributed by atoms with Crippen molar-refractivity contribution in [1.82, 2.24) is 0 Å². The monoisotopic (exact) mass is 940 g/mol. The number of benzene rings is 6. The third-order valence-electron chi connectivity index (χ3n) is 12.9. The predicted molar refractivity (Wildman–Crippen MR) is 259 cm³/mol.